The Morgan fingerprint density at radius 1 is 1.44 bits per heavy atom. The topological polar surface area (TPSA) is 72.6 Å². The van der Waals surface area contributed by atoms with Gasteiger partial charge in [-0.1, -0.05) is 0 Å². The van der Waals surface area contributed by atoms with Gasteiger partial charge >= 0.3 is 5.97 Å². The SMILES string of the molecule is COC(=O)C1CCN(C(=O)[C@H](N)CCSC)CC1. The van der Waals surface area contributed by atoms with Crippen molar-refractivity contribution >= 4 is 23.6 Å². The number of carbonyl (C=O) groups is 2. The molecule has 18 heavy (non-hydrogen) atoms. The first kappa shape index (κ1) is 15.3. The smallest absolute Gasteiger partial charge is 0.308 e. The molecule has 1 amide bonds. The summed E-state index contributed by atoms with van der Waals surface area (Å²) < 4.78 is 4.72. The van der Waals surface area contributed by atoms with Crippen LogP contribution in [0.1, 0.15) is 19.3 Å². The van der Waals surface area contributed by atoms with Crippen LogP contribution in [-0.4, -0.2) is 55.0 Å². The minimum Gasteiger partial charge on any atom is -0.469 e. The summed E-state index contributed by atoms with van der Waals surface area (Å²) in [6.07, 6.45) is 4.05. The number of nitrogens with zero attached hydrogens (tertiary/aromatic N) is 1. The number of carbonyl (C=O) groups excluding carboxylic acids is 2. The number of esters is 1. The minimum atomic E-state index is -0.410. The van der Waals surface area contributed by atoms with Crippen LogP contribution >= 0.6 is 11.8 Å². The van der Waals surface area contributed by atoms with Gasteiger partial charge in [-0.25, -0.2) is 0 Å². The highest BCUT2D eigenvalue weighted by Gasteiger charge is 2.29. The van der Waals surface area contributed by atoms with Crippen LogP contribution in [0.25, 0.3) is 0 Å². The molecule has 6 heteroatoms. The highest BCUT2D eigenvalue weighted by Crippen LogP contribution is 2.19. The Bertz CT molecular complexity index is 291. The number of hydrogen-bond acceptors (Lipinski definition) is 5. The van der Waals surface area contributed by atoms with E-state index < -0.39 is 6.04 Å². The fourth-order valence-electron chi connectivity index (χ4n) is 2.11. The van der Waals surface area contributed by atoms with Crippen LogP contribution in [0.3, 0.4) is 0 Å². The van der Waals surface area contributed by atoms with Crippen LogP contribution in [0.15, 0.2) is 0 Å². The van der Waals surface area contributed by atoms with Gasteiger partial charge in [0.2, 0.25) is 5.91 Å². The fraction of sp³-hybridized carbons (Fsp3) is 0.833. The Kier molecular flexibility index (Phi) is 6.49. The molecule has 1 heterocycles. The molecule has 104 valence electrons. The molecule has 5 nitrogen and oxygen atoms in total. The zero-order chi connectivity index (χ0) is 13.5. The average Bonchev–Trinajstić information content (AvgIpc) is 2.43. The highest BCUT2D eigenvalue weighted by atomic mass is 32.2. The minimum absolute atomic E-state index is 0.00682. The second-order valence-electron chi connectivity index (χ2n) is 4.51. The van der Waals surface area contributed by atoms with E-state index in [2.05, 4.69) is 0 Å². The maximum Gasteiger partial charge on any atom is 0.308 e. The van der Waals surface area contributed by atoms with Crippen molar-refractivity contribution < 1.29 is 14.3 Å². The van der Waals surface area contributed by atoms with Crippen molar-refractivity contribution in [3.8, 4) is 0 Å². The molecule has 1 aliphatic rings. The average molecular weight is 274 g/mol. The van der Waals surface area contributed by atoms with Crippen LogP contribution in [-0.2, 0) is 14.3 Å². The van der Waals surface area contributed by atoms with Gasteiger partial charge in [-0.15, -0.1) is 0 Å². The van der Waals surface area contributed by atoms with Gasteiger partial charge in [-0.3, -0.25) is 9.59 Å². The summed E-state index contributed by atoms with van der Waals surface area (Å²) in [5.74, 6) is 0.661. The quantitative estimate of drug-likeness (QED) is 0.738. The number of ether oxygens (including phenoxy) is 1. The lowest BCUT2D eigenvalue weighted by atomic mass is 9.96. The summed E-state index contributed by atoms with van der Waals surface area (Å²) in [5.41, 5.74) is 5.86. The summed E-state index contributed by atoms with van der Waals surface area (Å²) in [7, 11) is 1.40. The Balaban J connectivity index is 2.37. The first-order valence-corrected chi connectivity index (χ1v) is 7.60. The van der Waals surface area contributed by atoms with Crippen LogP contribution in [0.4, 0.5) is 0 Å². The van der Waals surface area contributed by atoms with Gasteiger partial charge in [-0.2, -0.15) is 11.8 Å². The van der Waals surface area contributed by atoms with E-state index >= 15 is 0 Å². The van der Waals surface area contributed by atoms with E-state index in [1.54, 1.807) is 16.7 Å². The standard InChI is InChI=1S/C12H22N2O3S/c1-17-12(16)9-3-6-14(7-4-9)11(15)10(13)5-8-18-2/h9-10H,3-8,13H2,1-2H3/t10-/m1/s1. The number of amides is 1. The van der Waals surface area contributed by atoms with E-state index in [4.69, 9.17) is 10.5 Å². The van der Waals surface area contributed by atoms with E-state index in [0.717, 1.165) is 5.75 Å². The van der Waals surface area contributed by atoms with Crippen molar-refractivity contribution in [2.45, 2.75) is 25.3 Å². The fourth-order valence-corrected chi connectivity index (χ4v) is 2.59. The molecule has 0 spiro atoms. The summed E-state index contributed by atoms with van der Waals surface area (Å²) in [5, 5.41) is 0. The highest BCUT2D eigenvalue weighted by molar-refractivity contribution is 7.98. The van der Waals surface area contributed by atoms with E-state index in [1.807, 2.05) is 6.26 Å². The zero-order valence-corrected chi connectivity index (χ0v) is 11.9. The molecule has 2 N–H and O–H groups in total. The lowest BCUT2D eigenvalue weighted by Gasteiger charge is -2.32. The lowest BCUT2D eigenvalue weighted by Crippen LogP contribution is -2.48. The van der Waals surface area contributed by atoms with Crippen LogP contribution in [0.5, 0.6) is 0 Å². The third kappa shape index (κ3) is 4.17. The second kappa shape index (κ2) is 7.63. The normalized spacial score (nSPS) is 18.5. The lowest BCUT2D eigenvalue weighted by molar-refractivity contribution is -0.149. The predicted octanol–water partition coefficient (Wildman–Crippen LogP) is 0.478. The summed E-state index contributed by atoms with van der Waals surface area (Å²) in [6.45, 7) is 1.21. The number of hydrogen-bond donors (Lipinski definition) is 1. The van der Waals surface area contributed by atoms with Gasteiger partial charge in [0.05, 0.1) is 19.1 Å². The van der Waals surface area contributed by atoms with Crippen LogP contribution < -0.4 is 5.73 Å². The van der Waals surface area contributed by atoms with Crippen molar-refractivity contribution in [2.75, 3.05) is 32.2 Å². The van der Waals surface area contributed by atoms with Crippen LogP contribution in [0, 0.1) is 5.92 Å². The van der Waals surface area contributed by atoms with E-state index in [9.17, 15) is 9.59 Å². The monoisotopic (exact) mass is 274 g/mol. The van der Waals surface area contributed by atoms with Crippen molar-refractivity contribution in [3.63, 3.8) is 0 Å². The molecule has 0 saturated carbocycles. The van der Waals surface area contributed by atoms with Gasteiger partial charge < -0.3 is 15.4 Å². The van der Waals surface area contributed by atoms with Crippen molar-refractivity contribution in [2.24, 2.45) is 11.7 Å². The Morgan fingerprint density at radius 3 is 2.56 bits per heavy atom. The molecular formula is C12H22N2O3S. The van der Waals surface area contributed by atoms with Crippen LogP contribution in [0.2, 0.25) is 0 Å². The molecule has 1 fully saturated rings. The van der Waals surface area contributed by atoms with E-state index in [0.29, 0.717) is 32.4 Å². The Morgan fingerprint density at radius 2 is 2.06 bits per heavy atom. The number of methoxy groups -OCH3 is 1. The van der Waals surface area contributed by atoms with E-state index in [1.165, 1.54) is 7.11 Å². The molecule has 1 rings (SSSR count). The zero-order valence-electron chi connectivity index (χ0n) is 11.1. The summed E-state index contributed by atoms with van der Waals surface area (Å²) >= 11 is 1.69. The molecular weight excluding hydrogens is 252 g/mol. The Labute approximate surface area is 112 Å². The number of thioether (sulfide) groups is 1. The molecule has 0 unspecified atom stereocenters. The number of piperidine rings is 1. The third-order valence-electron chi connectivity index (χ3n) is 3.29. The van der Waals surface area contributed by atoms with Crippen molar-refractivity contribution in [1.29, 1.82) is 0 Å². The number of rotatable bonds is 5. The molecule has 0 radical (unpaired) electrons. The maximum atomic E-state index is 12.0. The molecule has 1 aliphatic heterocycles. The predicted molar refractivity (Wildman–Crippen MR) is 72.3 cm³/mol. The summed E-state index contributed by atoms with van der Waals surface area (Å²) in [4.78, 5) is 25.2. The van der Waals surface area contributed by atoms with Crippen molar-refractivity contribution in [3.05, 3.63) is 0 Å². The van der Waals surface area contributed by atoms with Gasteiger partial charge in [0.1, 0.15) is 0 Å². The van der Waals surface area contributed by atoms with Gasteiger partial charge in [-0.05, 0) is 31.3 Å². The first-order valence-electron chi connectivity index (χ1n) is 6.21. The number of likely N-dealkylation sites (tertiary alicyclic amines) is 1. The second-order valence-corrected chi connectivity index (χ2v) is 5.50. The van der Waals surface area contributed by atoms with Gasteiger partial charge in [0, 0.05) is 13.1 Å². The molecule has 0 aromatic heterocycles. The molecule has 1 atom stereocenters. The first-order chi connectivity index (χ1) is 8.60. The maximum absolute atomic E-state index is 12.0. The largest absolute Gasteiger partial charge is 0.469 e. The third-order valence-corrected chi connectivity index (χ3v) is 3.94. The molecule has 1 saturated heterocycles. The van der Waals surface area contributed by atoms with E-state index in [-0.39, 0.29) is 17.8 Å². The Hall–Kier alpha value is -0.750. The van der Waals surface area contributed by atoms with Gasteiger partial charge in [0.25, 0.3) is 0 Å². The molecule has 0 aromatic carbocycles. The summed E-state index contributed by atoms with van der Waals surface area (Å²) in [6, 6.07) is -0.410. The molecule has 0 bridgehead atoms. The van der Waals surface area contributed by atoms with Crippen molar-refractivity contribution in [1.82, 2.24) is 4.90 Å². The molecule has 0 aliphatic carbocycles. The van der Waals surface area contributed by atoms with Gasteiger partial charge in [0.15, 0.2) is 0 Å². The number of nitrogens with two attached hydrogens (primary N) is 1. The molecule has 0 aromatic rings.